The molecule has 3 atom stereocenters. The molecule has 0 spiro atoms. The molecule has 11 nitrogen and oxygen atoms in total. The van der Waals surface area contributed by atoms with E-state index in [2.05, 4.69) is 20.5 Å². The van der Waals surface area contributed by atoms with E-state index in [4.69, 9.17) is 0 Å². The molecule has 2 unspecified atom stereocenters. The molecule has 2 aliphatic heterocycles. The van der Waals surface area contributed by atoms with Crippen molar-refractivity contribution in [2.75, 3.05) is 22.5 Å². The van der Waals surface area contributed by atoms with Crippen molar-refractivity contribution >= 4 is 68.4 Å². The van der Waals surface area contributed by atoms with Crippen LogP contribution in [0.2, 0.25) is 0 Å². The number of nitrogens with one attached hydrogen (secondary N) is 1. The zero-order valence-electron chi connectivity index (χ0n) is 15.8. The van der Waals surface area contributed by atoms with E-state index in [1.807, 2.05) is 0 Å². The lowest BCUT2D eigenvalue weighted by Crippen LogP contribution is -2.75. The van der Waals surface area contributed by atoms with Gasteiger partial charge in [-0.1, -0.05) is 11.3 Å². The lowest BCUT2D eigenvalue weighted by Gasteiger charge is -2.55. The molecule has 3 amide bonds. The highest BCUT2D eigenvalue weighted by atomic mass is 32.2. The quantitative estimate of drug-likeness (QED) is 0.603. The largest absolute Gasteiger partial charge is 0.480 e. The van der Waals surface area contributed by atoms with Crippen LogP contribution in [0.4, 0.5) is 10.3 Å². The molecule has 30 heavy (non-hydrogen) atoms. The van der Waals surface area contributed by atoms with Gasteiger partial charge in [-0.05, 0) is 0 Å². The van der Waals surface area contributed by atoms with Gasteiger partial charge in [-0.2, -0.15) is 0 Å². The van der Waals surface area contributed by atoms with E-state index < -0.39 is 17.4 Å². The number of carboxylic acids is 1. The number of thioether (sulfide) groups is 1. The Morgan fingerprint density at radius 3 is 2.70 bits per heavy atom. The van der Waals surface area contributed by atoms with Crippen molar-refractivity contribution in [2.45, 2.75) is 30.7 Å². The van der Waals surface area contributed by atoms with E-state index in [1.54, 1.807) is 11.6 Å². The topological polar surface area (TPSA) is 146 Å². The maximum absolute atomic E-state index is 12.9. The summed E-state index contributed by atoms with van der Waals surface area (Å²) in [4.78, 5) is 55.6. The van der Waals surface area contributed by atoms with Crippen LogP contribution in [0.1, 0.15) is 18.9 Å². The van der Waals surface area contributed by atoms with Gasteiger partial charge >= 0.3 is 5.97 Å². The minimum atomic E-state index is -1.45. The number of aromatic nitrogens is 3. The van der Waals surface area contributed by atoms with Crippen molar-refractivity contribution < 1.29 is 24.3 Å². The Hall–Kier alpha value is -2.58. The summed E-state index contributed by atoms with van der Waals surface area (Å²) in [5.41, 5.74) is -1.45. The van der Waals surface area contributed by atoms with Crippen LogP contribution in [0.3, 0.4) is 0 Å². The lowest BCUT2D eigenvalue weighted by atomic mass is 9.87. The highest BCUT2D eigenvalue weighted by Gasteiger charge is 2.61. The first-order valence-corrected chi connectivity index (χ1v) is 11.5. The Balaban J connectivity index is 1.59. The SMILES string of the molecule is CC(=O)Nc1nnc(C2(C(=O)O)CS[C@@H]3C(N(C(C)=O)c4nccs4)C(=O)N3C2)s1. The van der Waals surface area contributed by atoms with E-state index in [-0.39, 0.29) is 45.5 Å². The van der Waals surface area contributed by atoms with E-state index in [1.165, 1.54) is 46.7 Å². The second-order valence-electron chi connectivity index (χ2n) is 6.80. The van der Waals surface area contributed by atoms with Crippen LogP contribution in [0.5, 0.6) is 0 Å². The fourth-order valence-corrected chi connectivity index (χ4v) is 6.77. The van der Waals surface area contributed by atoms with Crippen LogP contribution in [0, 0.1) is 0 Å². The van der Waals surface area contributed by atoms with Crippen LogP contribution in [0.15, 0.2) is 11.6 Å². The average Bonchev–Trinajstić information content (AvgIpc) is 3.36. The average molecular weight is 469 g/mol. The molecular weight excluding hydrogens is 452 g/mol. The van der Waals surface area contributed by atoms with Crippen LogP contribution in [-0.4, -0.2) is 72.6 Å². The zero-order valence-corrected chi connectivity index (χ0v) is 18.2. The minimum Gasteiger partial charge on any atom is -0.480 e. The molecule has 158 valence electrons. The number of hydrogen-bond acceptors (Lipinski definition) is 10. The Morgan fingerprint density at radius 2 is 2.10 bits per heavy atom. The van der Waals surface area contributed by atoms with E-state index >= 15 is 0 Å². The highest BCUT2D eigenvalue weighted by Crippen LogP contribution is 2.47. The fraction of sp³-hybridized carbons (Fsp3) is 0.438. The first-order valence-electron chi connectivity index (χ1n) is 8.71. The summed E-state index contributed by atoms with van der Waals surface area (Å²) in [6.45, 7) is 2.60. The third-order valence-electron chi connectivity index (χ3n) is 4.82. The highest BCUT2D eigenvalue weighted by molar-refractivity contribution is 8.00. The molecule has 2 aromatic heterocycles. The summed E-state index contributed by atoms with van der Waals surface area (Å²) >= 11 is 3.51. The number of thiazole rings is 1. The van der Waals surface area contributed by atoms with Crippen LogP contribution in [0.25, 0.3) is 0 Å². The molecule has 0 bridgehead atoms. The predicted molar refractivity (Wildman–Crippen MR) is 111 cm³/mol. The van der Waals surface area contributed by atoms with Gasteiger partial charge in [0.2, 0.25) is 22.9 Å². The van der Waals surface area contributed by atoms with Crippen LogP contribution in [-0.2, 0) is 24.6 Å². The molecule has 2 saturated heterocycles. The Bertz CT molecular complexity index is 1030. The number of β-lactam (4-membered cyclic amide) rings is 1. The number of fused-ring (bicyclic) bond motifs is 1. The van der Waals surface area contributed by atoms with Gasteiger partial charge in [0.25, 0.3) is 0 Å². The number of amides is 3. The summed E-state index contributed by atoms with van der Waals surface area (Å²) in [6, 6.07) is -0.727. The molecule has 14 heteroatoms. The molecule has 0 radical (unpaired) electrons. The Kier molecular flexibility index (Phi) is 5.23. The summed E-state index contributed by atoms with van der Waals surface area (Å²) in [6.07, 6.45) is 1.56. The third-order valence-corrected chi connectivity index (χ3v) is 8.15. The molecule has 4 rings (SSSR count). The second kappa shape index (κ2) is 7.59. The number of carbonyl (C=O) groups excluding carboxylic acids is 3. The van der Waals surface area contributed by atoms with Gasteiger partial charge < -0.3 is 15.3 Å². The molecule has 4 heterocycles. The van der Waals surface area contributed by atoms with E-state index in [9.17, 15) is 24.3 Å². The number of aliphatic carboxylic acids is 1. The third kappa shape index (κ3) is 3.24. The van der Waals surface area contributed by atoms with Gasteiger partial charge in [0.05, 0.1) is 0 Å². The van der Waals surface area contributed by atoms with Crippen LogP contribution >= 0.6 is 34.4 Å². The smallest absolute Gasteiger partial charge is 0.319 e. The summed E-state index contributed by atoms with van der Waals surface area (Å²) in [5.74, 6) is -1.96. The van der Waals surface area contributed by atoms with Crippen molar-refractivity contribution in [3.63, 3.8) is 0 Å². The monoisotopic (exact) mass is 468 g/mol. The first kappa shape index (κ1) is 20.7. The number of rotatable bonds is 5. The van der Waals surface area contributed by atoms with Crippen molar-refractivity contribution in [1.82, 2.24) is 20.1 Å². The van der Waals surface area contributed by atoms with Crippen LogP contribution < -0.4 is 10.2 Å². The maximum Gasteiger partial charge on any atom is 0.319 e. The lowest BCUT2D eigenvalue weighted by molar-refractivity contribution is -0.153. The van der Waals surface area contributed by atoms with Gasteiger partial charge in [-0.15, -0.1) is 33.3 Å². The first-order chi connectivity index (χ1) is 14.2. The normalized spacial score (nSPS) is 25.3. The Labute approximate surface area is 182 Å². The summed E-state index contributed by atoms with van der Waals surface area (Å²) in [5, 5.41) is 22.5. The van der Waals surface area contributed by atoms with Gasteiger partial charge in [-0.25, -0.2) is 4.98 Å². The van der Waals surface area contributed by atoms with E-state index in [0.29, 0.717) is 5.13 Å². The minimum absolute atomic E-state index is 0.0896. The van der Waals surface area contributed by atoms with Gasteiger partial charge in [0.15, 0.2) is 5.13 Å². The summed E-state index contributed by atoms with van der Waals surface area (Å²) in [7, 11) is 0. The standard InChI is InChI=1S/C16H16N6O5S3/c1-7(23)18-14-20-19-12(30-14)16(13(26)27)5-21-10(25)9(11(21)29-6-16)22(8(2)24)15-17-3-4-28-15/h3-4,9,11H,5-6H2,1-2H3,(H,26,27)(H,18,20,23)/t9?,11-,16?/m1/s1. The van der Waals surface area contributed by atoms with Gasteiger partial charge in [0.1, 0.15) is 21.8 Å². The number of anilines is 2. The zero-order chi connectivity index (χ0) is 21.6. The molecule has 2 aromatic rings. The Morgan fingerprint density at radius 1 is 1.33 bits per heavy atom. The molecule has 2 fully saturated rings. The molecule has 2 aliphatic rings. The van der Waals surface area contributed by atoms with Crippen molar-refractivity contribution in [1.29, 1.82) is 0 Å². The number of hydrogen-bond donors (Lipinski definition) is 2. The van der Waals surface area contributed by atoms with E-state index in [0.717, 1.165) is 11.3 Å². The van der Waals surface area contributed by atoms with Crippen molar-refractivity contribution in [3.05, 3.63) is 16.6 Å². The predicted octanol–water partition coefficient (Wildman–Crippen LogP) is 0.612. The van der Waals surface area contributed by atoms with Gasteiger partial charge in [-0.3, -0.25) is 24.1 Å². The molecular formula is C16H16N6O5S3. The molecule has 0 aromatic carbocycles. The number of carbonyl (C=O) groups is 4. The maximum atomic E-state index is 12.9. The van der Waals surface area contributed by atoms with Crippen molar-refractivity contribution in [2.24, 2.45) is 0 Å². The molecule has 0 aliphatic carbocycles. The second-order valence-corrected chi connectivity index (χ2v) is 9.75. The van der Waals surface area contributed by atoms with Crippen molar-refractivity contribution in [3.8, 4) is 0 Å². The fourth-order valence-electron chi connectivity index (χ4n) is 3.41. The number of nitrogens with zero attached hydrogens (tertiary/aromatic N) is 5. The molecule has 2 N–H and O–H groups in total. The van der Waals surface area contributed by atoms with Gasteiger partial charge in [0, 0.05) is 37.7 Å². The summed E-state index contributed by atoms with van der Waals surface area (Å²) < 4.78 is 0. The molecule has 0 saturated carbocycles. The number of carboxylic acid groups (broad SMARTS) is 1.